The molecule has 0 saturated heterocycles. The Morgan fingerprint density at radius 2 is 1.95 bits per heavy atom. The summed E-state index contributed by atoms with van der Waals surface area (Å²) in [6.07, 6.45) is 4.06. The van der Waals surface area contributed by atoms with E-state index < -0.39 is 0 Å². The molecule has 3 rings (SSSR count). The quantitative estimate of drug-likeness (QED) is 0.718. The van der Waals surface area contributed by atoms with Crippen LogP contribution in [0.5, 0.6) is 0 Å². The van der Waals surface area contributed by atoms with E-state index in [1.807, 2.05) is 24.4 Å². The molecule has 0 spiro atoms. The van der Waals surface area contributed by atoms with Gasteiger partial charge in [0.2, 0.25) is 0 Å². The van der Waals surface area contributed by atoms with Crippen LogP contribution in [0.25, 0.3) is 10.9 Å². The average molecular weight is 265 g/mol. The Labute approximate surface area is 119 Å². The molecular formula is C17H19N3. The van der Waals surface area contributed by atoms with Crippen molar-refractivity contribution in [2.45, 2.75) is 20.0 Å². The van der Waals surface area contributed by atoms with Gasteiger partial charge in [-0.05, 0) is 30.7 Å². The number of aromatic nitrogens is 2. The lowest BCUT2D eigenvalue weighted by atomic mass is 10.2. The summed E-state index contributed by atoms with van der Waals surface area (Å²) in [6.45, 7) is 4.90. The predicted molar refractivity (Wildman–Crippen MR) is 82.6 cm³/mol. The van der Waals surface area contributed by atoms with Gasteiger partial charge in [0.15, 0.2) is 0 Å². The fraction of sp³-hybridized carbons (Fsp3) is 0.235. The highest BCUT2D eigenvalue weighted by atomic mass is 15.0. The van der Waals surface area contributed by atoms with Crippen molar-refractivity contribution in [1.82, 2.24) is 14.9 Å². The summed E-state index contributed by atoms with van der Waals surface area (Å²) in [5.41, 5.74) is 3.73. The molecule has 0 atom stereocenters. The van der Waals surface area contributed by atoms with Crippen molar-refractivity contribution < 1.29 is 0 Å². The Hall–Kier alpha value is -2.13. The zero-order valence-electron chi connectivity index (χ0n) is 11.7. The number of aryl methyl sites for hydroxylation is 1. The van der Waals surface area contributed by atoms with Crippen molar-refractivity contribution in [3.8, 4) is 0 Å². The molecule has 3 heteroatoms. The second kappa shape index (κ2) is 5.88. The Morgan fingerprint density at radius 3 is 2.80 bits per heavy atom. The van der Waals surface area contributed by atoms with Crippen molar-refractivity contribution >= 4 is 10.9 Å². The molecule has 0 unspecified atom stereocenters. The fourth-order valence-electron chi connectivity index (χ4n) is 2.53. The van der Waals surface area contributed by atoms with Gasteiger partial charge >= 0.3 is 0 Å². The van der Waals surface area contributed by atoms with Crippen molar-refractivity contribution in [3.05, 3.63) is 66.1 Å². The largest absolute Gasteiger partial charge is 0.346 e. The number of para-hydroxylation sites is 1. The first-order valence-corrected chi connectivity index (χ1v) is 7.00. The van der Waals surface area contributed by atoms with Crippen molar-refractivity contribution in [3.63, 3.8) is 0 Å². The second-order valence-corrected chi connectivity index (χ2v) is 5.02. The first-order valence-electron chi connectivity index (χ1n) is 7.00. The van der Waals surface area contributed by atoms with Crippen molar-refractivity contribution in [2.24, 2.45) is 0 Å². The molecule has 0 amide bonds. The maximum Gasteiger partial charge on any atom is 0.0541 e. The molecule has 2 aromatic heterocycles. The Bertz CT molecular complexity index is 686. The standard InChI is InChI=1S/C17H19N3/c1-14-13-20(17-8-3-2-7-16(14)17)11-10-18-12-15-6-4-5-9-19-15/h2-9,13,18H,10-12H2,1H3. The van der Waals surface area contributed by atoms with E-state index in [2.05, 4.69) is 52.3 Å². The monoisotopic (exact) mass is 265 g/mol. The fourth-order valence-corrected chi connectivity index (χ4v) is 2.53. The van der Waals surface area contributed by atoms with Gasteiger partial charge in [0.25, 0.3) is 0 Å². The first kappa shape index (κ1) is 12.9. The minimum atomic E-state index is 0.818. The number of hydrogen-bond donors (Lipinski definition) is 1. The van der Waals surface area contributed by atoms with E-state index in [0.717, 1.165) is 25.3 Å². The van der Waals surface area contributed by atoms with Gasteiger partial charge in [-0.1, -0.05) is 24.3 Å². The van der Waals surface area contributed by atoms with E-state index in [1.165, 1.54) is 16.5 Å². The van der Waals surface area contributed by atoms with Gasteiger partial charge in [-0.15, -0.1) is 0 Å². The van der Waals surface area contributed by atoms with Crippen LogP contribution in [-0.2, 0) is 13.1 Å². The Balaban J connectivity index is 1.60. The first-order chi connectivity index (χ1) is 9.84. The van der Waals surface area contributed by atoms with Gasteiger partial charge in [0, 0.05) is 42.9 Å². The summed E-state index contributed by atoms with van der Waals surface area (Å²) in [7, 11) is 0. The number of nitrogens with zero attached hydrogens (tertiary/aromatic N) is 2. The second-order valence-electron chi connectivity index (χ2n) is 5.02. The molecule has 0 fully saturated rings. The number of rotatable bonds is 5. The lowest BCUT2D eigenvalue weighted by Gasteiger charge is -2.07. The van der Waals surface area contributed by atoms with E-state index in [9.17, 15) is 0 Å². The molecular weight excluding hydrogens is 246 g/mol. The summed E-state index contributed by atoms with van der Waals surface area (Å²) < 4.78 is 2.32. The molecule has 2 heterocycles. The SMILES string of the molecule is Cc1cn(CCNCc2ccccn2)c2ccccc12. The van der Waals surface area contributed by atoms with Crippen molar-refractivity contribution in [1.29, 1.82) is 0 Å². The van der Waals surface area contributed by atoms with Crippen LogP contribution in [0.1, 0.15) is 11.3 Å². The zero-order chi connectivity index (χ0) is 13.8. The van der Waals surface area contributed by atoms with Gasteiger partial charge in [-0.2, -0.15) is 0 Å². The summed E-state index contributed by atoms with van der Waals surface area (Å²) in [6, 6.07) is 14.6. The Kier molecular flexibility index (Phi) is 3.79. The van der Waals surface area contributed by atoms with Gasteiger partial charge in [0.05, 0.1) is 5.69 Å². The van der Waals surface area contributed by atoms with Gasteiger partial charge in [0.1, 0.15) is 0 Å². The van der Waals surface area contributed by atoms with Crippen LogP contribution in [0.2, 0.25) is 0 Å². The van der Waals surface area contributed by atoms with E-state index in [-0.39, 0.29) is 0 Å². The maximum atomic E-state index is 4.31. The summed E-state index contributed by atoms with van der Waals surface area (Å²) >= 11 is 0. The molecule has 1 N–H and O–H groups in total. The van der Waals surface area contributed by atoms with Crippen LogP contribution in [0.4, 0.5) is 0 Å². The molecule has 0 saturated carbocycles. The molecule has 0 bridgehead atoms. The number of pyridine rings is 1. The highest BCUT2D eigenvalue weighted by Gasteiger charge is 2.03. The number of nitrogens with one attached hydrogen (secondary N) is 1. The third-order valence-corrected chi connectivity index (χ3v) is 3.55. The van der Waals surface area contributed by atoms with Gasteiger partial charge in [-0.25, -0.2) is 0 Å². The Morgan fingerprint density at radius 1 is 1.10 bits per heavy atom. The summed E-state index contributed by atoms with van der Waals surface area (Å²) in [4.78, 5) is 4.31. The van der Waals surface area contributed by atoms with Crippen molar-refractivity contribution in [2.75, 3.05) is 6.54 Å². The zero-order valence-corrected chi connectivity index (χ0v) is 11.7. The van der Waals surface area contributed by atoms with E-state index >= 15 is 0 Å². The maximum absolute atomic E-state index is 4.31. The average Bonchev–Trinajstić information content (AvgIpc) is 2.82. The molecule has 0 radical (unpaired) electrons. The smallest absolute Gasteiger partial charge is 0.0541 e. The highest BCUT2D eigenvalue weighted by molar-refractivity contribution is 5.83. The minimum Gasteiger partial charge on any atom is -0.346 e. The molecule has 102 valence electrons. The van der Waals surface area contributed by atoms with Crippen LogP contribution in [-0.4, -0.2) is 16.1 Å². The lowest BCUT2D eigenvalue weighted by Crippen LogP contribution is -2.19. The highest BCUT2D eigenvalue weighted by Crippen LogP contribution is 2.19. The lowest BCUT2D eigenvalue weighted by molar-refractivity contribution is 0.603. The van der Waals surface area contributed by atoms with Crippen LogP contribution >= 0.6 is 0 Å². The molecule has 3 nitrogen and oxygen atoms in total. The molecule has 0 aliphatic carbocycles. The molecule has 1 aromatic carbocycles. The van der Waals surface area contributed by atoms with E-state index in [1.54, 1.807) is 0 Å². The van der Waals surface area contributed by atoms with E-state index in [0.29, 0.717) is 0 Å². The summed E-state index contributed by atoms with van der Waals surface area (Å²) in [5.74, 6) is 0. The van der Waals surface area contributed by atoms with Gasteiger partial charge in [-0.3, -0.25) is 4.98 Å². The normalized spacial score (nSPS) is 11.1. The predicted octanol–water partition coefficient (Wildman–Crippen LogP) is 3.13. The topological polar surface area (TPSA) is 29.9 Å². The summed E-state index contributed by atoms with van der Waals surface area (Å²) in [5, 5.41) is 4.79. The molecule has 20 heavy (non-hydrogen) atoms. The van der Waals surface area contributed by atoms with Crippen LogP contribution < -0.4 is 5.32 Å². The van der Waals surface area contributed by atoms with Crippen LogP contribution in [0, 0.1) is 6.92 Å². The molecule has 3 aromatic rings. The number of fused-ring (bicyclic) bond motifs is 1. The number of benzene rings is 1. The third kappa shape index (κ3) is 2.73. The number of hydrogen-bond acceptors (Lipinski definition) is 2. The van der Waals surface area contributed by atoms with Crippen LogP contribution in [0.15, 0.2) is 54.9 Å². The minimum absolute atomic E-state index is 0.818. The third-order valence-electron chi connectivity index (χ3n) is 3.55. The van der Waals surface area contributed by atoms with Gasteiger partial charge < -0.3 is 9.88 Å². The molecule has 0 aliphatic rings. The van der Waals surface area contributed by atoms with E-state index in [4.69, 9.17) is 0 Å². The molecule has 0 aliphatic heterocycles. The van der Waals surface area contributed by atoms with Crippen LogP contribution in [0.3, 0.4) is 0 Å².